The predicted octanol–water partition coefficient (Wildman–Crippen LogP) is 16.7. The van der Waals surface area contributed by atoms with Crippen molar-refractivity contribution in [3.05, 3.63) is 12.4 Å². The third-order valence-electron chi connectivity index (χ3n) is 11.6. The van der Waals surface area contributed by atoms with Crippen LogP contribution in [0.4, 0.5) is 0 Å². The topological polar surface area (TPSA) is 6.48 Å². The van der Waals surface area contributed by atoms with Gasteiger partial charge in [0.25, 0.3) is 0 Å². The van der Waals surface area contributed by atoms with Crippen LogP contribution in [0.15, 0.2) is 12.4 Å². The Morgan fingerprint density at radius 2 is 0.469 bits per heavy atom. The molecule has 0 radical (unpaired) electrons. The Bertz CT molecular complexity index is 644. The van der Waals surface area contributed by atoms with Crippen molar-refractivity contribution in [2.45, 2.75) is 277 Å². The summed E-state index contributed by atoms with van der Waals surface area (Å²) in [6.45, 7) is 9.49. The lowest BCUT2D eigenvalue weighted by Crippen LogP contribution is -2.39. The molecule has 0 saturated heterocycles. The second kappa shape index (κ2) is 38.6. The van der Waals surface area contributed by atoms with Crippen molar-refractivity contribution in [1.82, 2.24) is 9.80 Å². The molecule has 0 amide bonds. The van der Waals surface area contributed by atoms with Gasteiger partial charge in [-0.25, -0.2) is 0 Å². The fourth-order valence-electron chi connectivity index (χ4n) is 8.13. The third kappa shape index (κ3) is 30.7. The lowest BCUT2D eigenvalue weighted by Gasteiger charge is -2.33. The fourth-order valence-corrected chi connectivity index (χ4v) is 8.13. The van der Waals surface area contributed by atoms with Crippen molar-refractivity contribution >= 4 is 0 Å². The molecule has 1 aliphatic rings. The molecule has 0 spiro atoms. The number of rotatable bonds is 41. The van der Waals surface area contributed by atoms with Crippen LogP contribution in [0, 0.1) is 0 Å². The van der Waals surface area contributed by atoms with Crippen LogP contribution in [-0.4, -0.2) is 29.1 Å². The number of unbranched alkanes of at least 4 members (excludes halogenated alkanes) is 35. The highest BCUT2D eigenvalue weighted by Gasteiger charge is 2.24. The summed E-state index contributed by atoms with van der Waals surface area (Å²) >= 11 is 0. The van der Waals surface area contributed by atoms with Gasteiger partial charge in [0, 0.05) is 25.5 Å². The van der Waals surface area contributed by atoms with Crippen LogP contribution < -0.4 is 0 Å². The van der Waals surface area contributed by atoms with E-state index >= 15 is 0 Å². The molecule has 1 heterocycles. The quantitative estimate of drug-likeness (QED) is 0.0591. The molecule has 2 heteroatoms. The van der Waals surface area contributed by atoms with E-state index in [1.54, 1.807) is 0 Å². The average molecular weight is 687 g/mol. The molecule has 0 fully saturated rings. The second-order valence-electron chi connectivity index (χ2n) is 16.4. The van der Waals surface area contributed by atoms with Gasteiger partial charge in [-0.15, -0.1) is 0 Å². The van der Waals surface area contributed by atoms with E-state index in [1.165, 1.54) is 264 Å². The maximum absolute atomic E-state index is 2.73. The monoisotopic (exact) mass is 687 g/mol. The van der Waals surface area contributed by atoms with Crippen molar-refractivity contribution in [2.75, 3.05) is 13.1 Å². The lowest BCUT2D eigenvalue weighted by atomic mass is 10.0. The zero-order chi connectivity index (χ0) is 35.1. The largest absolute Gasteiger partial charge is 0.356 e. The van der Waals surface area contributed by atoms with Crippen LogP contribution in [0.5, 0.6) is 0 Å². The molecule has 1 rings (SSSR count). The Hall–Kier alpha value is -0.660. The van der Waals surface area contributed by atoms with Gasteiger partial charge in [0.05, 0.1) is 0 Å². The van der Waals surface area contributed by atoms with E-state index in [0.717, 1.165) is 0 Å². The van der Waals surface area contributed by atoms with Crippen molar-refractivity contribution < 1.29 is 0 Å². The number of hydrogen-bond acceptors (Lipinski definition) is 2. The number of nitrogens with zero attached hydrogens (tertiary/aromatic N) is 2. The fraction of sp³-hybridized carbons (Fsp3) is 0.957. The van der Waals surface area contributed by atoms with Crippen molar-refractivity contribution in [3.63, 3.8) is 0 Å². The Kier molecular flexibility index (Phi) is 36.5. The first-order chi connectivity index (χ1) is 24.3. The van der Waals surface area contributed by atoms with Crippen LogP contribution in [0.1, 0.15) is 271 Å². The van der Waals surface area contributed by atoms with Gasteiger partial charge in [0.1, 0.15) is 6.17 Å². The summed E-state index contributed by atoms with van der Waals surface area (Å²) in [5.74, 6) is 0. The van der Waals surface area contributed by atoms with Crippen LogP contribution >= 0.6 is 0 Å². The Morgan fingerprint density at radius 3 is 0.714 bits per heavy atom. The minimum atomic E-state index is 0.637. The maximum Gasteiger partial charge on any atom is 0.101 e. The van der Waals surface area contributed by atoms with E-state index in [-0.39, 0.29) is 0 Å². The van der Waals surface area contributed by atoms with Gasteiger partial charge in [-0.3, -0.25) is 0 Å². The molecular weight excluding hydrogens is 593 g/mol. The van der Waals surface area contributed by atoms with Gasteiger partial charge in [-0.05, 0) is 25.7 Å². The summed E-state index contributed by atoms with van der Waals surface area (Å²) in [7, 11) is 0. The highest BCUT2D eigenvalue weighted by molar-refractivity contribution is 4.97. The van der Waals surface area contributed by atoms with Crippen molar-refractivity contribution in [3.8, 4) is 0 Å². The van der Waals surface area contributed by atoms with Crippen molar-refractivity contribution in [2.24, 2.45) is 0 Å². The first kappa shape index (κ1) is 46.4. The van der Waals surface area contributed by atoms with Gasteiger partial charge in [-0.2, -0.15) is 0 Å². The molecule has 0 aromatic rings. The first-order valence-electron chi connectivity index (χ1n) is 23.5. The standard InChI is InChI=1S/C47H94N2/c1-4-7-10-13-16-19-21-23-24-25-26-27-29-32-35-38-41-44-49-46-45-48(43-40-37-34-31-18-15-12-9-6-3)47(49)42-39-36-33-30-28-22-20-17-14-11-8-5-2/h45-47H,4-44H2,1-3H3. The summed E-state index contributed by atoms with van der Waals surface area (Å²) < 4.78 is 0. The molecule has 0 aromatic carbocycles. The minimum absolute atomic E-state index is 0.637. The Morgan fingerprint density at radius 1 is 0.265 bits per heavy atom. The lowest BCUT2D eigenvalue weighted by molar-refractivity contribution is 0.135. The molecule has 1 unspecified atom stereocenters. The van der Waals surface area contributed by atoms with Gasteiger partial charge in [0.15, 0.2) is 0 Å². The van der Waals surface area contributed by atoms with E-state index in [1.807, 2.05) is 0 Å². The van der Waals surface area contributed by atoms with E-state index in [9.17, 15) is 0 Å². The number of hydrogen-bond donors (Lipinski definition) is 0. The zero-order valence-corrected chi connectivity index (χ0v) is 34.6. The molecule has 1 aliphatic heterocycles. The zero-order valence-electron chi connectivity index (χ0n) is 34.6. The first-order valence-corrected chi connectivity index (χ1v) is 23.5. The summed E-state index contributed by atoms with van der Waals surface area (Å²) in [6, 6.07) is 0. The molecule has 292 valence electrons. The highest BCUT2D eigenvalue weighted by atomic mass is 15.4. The molecular formula is C47H94N2. The summed E-state index contributed by atoms with van der Waals surface area (Å²) in [6.07, 6.45) is 61.9. The van der Waals surface area contributed by atoms with E-state index < -0.39 is 0 Å². The molecule has 0 aromatic heterocycles. The Balaban J connectivity index is 2.17. The third-order valence-corrected chi connectivity index (χ3v) is 11.6. The second-order valence-corrected chi connectivity index (χ2v) is 16.4. The van der Waals surface area contributed by atoms with Crippen LogP contribution in [0.3, 0.4) is 0 Å². The van der Waals surface area contributed by atoms with Crippen LogP contribution in [0.25, 0.3) is 0 Å². The van der Waals surface area contributed by atoms with Gasteiger partial charge in [0.2, 0.25) is 0 Å². The van der Waals surface area contributed by atoms with E-state index in [2.05, 4.69) is 43.0 Å². The van der Waals surface area contributed by atoms with Gasteiger partial charge < -0.3 is 9.80 Å². The smallest absolute Gasteiger partial charge is 0.101 e. The summed E-state index contributed by atoms with van der Waals surface area (Å²) in [4.78, 5) is 5.46. The summed E-state index contributed by atoms with van der Waals surface area (Å²) in [5, 5.41) is 0. The SMILES string of the molecule is CCCCCCCCCCCCCCCCCCCN1C=CN(CCCCCCCCCCC)C1CCCCCCCCCCCCCC. The van der Waals surface area contributed by atoms with Gasteiger partial charge >= 0.3 is 0 Å². The van der Waals surface area contributed by atoms with Gasteiger partial charge in [-0.1, -0.05) is 245 Å². The van der Waals surface area contributed by atoms with Crippen LogP contribution in [0.2, 0.25) is 0 Å². The maximum atomic E-state index is 2.73. The molecule has 0 saturated carbocycles. The Labute approximate surface area is 311 Å². The molecule has 2 nitrogen and oxygen atoms in total. The molecule has 0 aliphatic carbocycles. The normalized spacial score (nSPS) is 14.6. The molecule has 0 bridgehead atoms. The predicted molar refractivity (Wildman–Crippen MR) is 223 cm³/mol. The van der Waals surface area contributed by atoms with E-state index in [4.69, 9.17) is 0 Å². The summed E-state index contributed by atoms with van der Waals surface area (Å²) in [5.41, 5.74) is 0. The average Bonchev–Trinajstić information content (AvgIpc) is 3.50. The minimum Gasteiger partial charge on any atom is -0.356 e. The molecule has 0 N–H and O–H groups in total. The van der Waals surface area contributed by atoms with E-state index in [0.29, 0.717) is 6.17 Å². The van der Waals surface area contributed by atoms with Crippen LogP contribution in [-0.2, 0) is 0 Å². The van der Waals surface area contributed by atoms with Crippen molar-refractivity contribution in [1.29, 1.82) is 0 Å². The molecule has 1 atom stereocenters. The highest BCUT2D eigenvalue weighted by Crippen LogP contribution is 2.24. The molecule has 49 heavy (non-hydrogen) atoms.